The smallest absolute Gasteiger partial charge is 0.170 e. The van der Waals surface area contributed by atoms with Crippen molar-refractivity contribution in [2.45, 2.75) is 26.8 Å². The Morgan fingerprint density at radius 1 is 0.933 bits per heavy atom. The fraction of sp³-hybridized carbons (Fsp3) is 0.200. The predicted molar refractivity (Wildman–Crippen MR) is 129 cm³/mol. The van der Waals surface area contributed by atoms with Gasteiger partial charge in [0, 0.05) is 6.54 Å². The Morgan fingerprint density at radius 3 is 2.50 bits per heavy atom. The molecule has 5 heteroatoms. The first-order valence-electron chi connectivity index (χ1n) is 10.2. The highest BCUT2D eigenvalue weighted by Crippen LogP contribution is 2.23. The van der Waals surface area contributed by atoms with Gasteiger partial charge in [0.05, 0.1) is 23.6 Å². The molecule has 0 saturated heterocycles. The number of aryl methyl sites for hydroxylation is 1. The lowest BCUT2D eigenvalue weighted by Crippen LogP contribution is -2.30. The van der Waals surface area contributed by atoms with E-state index < -0.39 is 0 Å². The molecule has 1 heterocycles. The normalized spacial score (nSPS) is 10.9. The molecule has 0 radical (unpaired) electrons. The molecule has 0 saturated carbocycles. The third-order valence-corrected chi connectivity index (χ3v) is 5.61. The summed E-state index contributed by atoms with van der Waals surface area (Å²) in [5.74, 6) is 0. The number of benzene rings is 3. The van der Waals surface area contributed by atoms with Crippen LogP contribution >= 0.6 is 12.2 Å². The Hall–Kier alpha value is -3.18. The van der Waals surface area contributed by atoms with Crippen molar-refractivity contribution in [1.82, 2.24) is 15.1 Å². The van der Waals surface area contributed by atoms with Crippen LogP contribution in [-0.4, -0.2) is 21.4 Å². The summed E-state index contributed by atoms with van der Waals surface area (Å²) in [4.78, 5) is 0. The molecule has 4 rings (SSSR count). The molecule has 0 aliphatic rings. The lowest BCUT2D eigenvalue weighted by molar-refractivity contribution is 0.662. The van der Waals surface area contributed by atoms with E-state index in [9.17, 15) is 0 Å². The second-order valence-corrected chi connectivity index (χ2v) is 7.87. The number of anilines is 1. The van der Waals surface area contributed by atoms with Crippen LogP contribution in [0.25, 0.3) is 10.8 Å². The monoisotopic (exact) mass is 414 g/mol. The highest BCUT2D eigenvalue weighted by atomic mass is 32.1. The van der Waals surface area contributed by atoms with E-state index in [4.69, 9.17) is 17.3 Å². The molecule has 152 valence electrons. The van der Waals surface area contributed by atoms with Crippen molar-refractivity contribution in [3.05, 3.63) is 95.3 Å². The van der Waals surface area contributed by atoms with Crippen LogP contribution in [0.5, 0.6) is 0 Å². The van der Waals surface area contributed by atoms with Crippen LogP contribution in [0.2, 0.25) is 0 Å². The summed E-state index contributed by atoms with van der Waals surface area (Å²) in [6.07, 6.45) is 0.932. The van der Waals surface area contributed by atoms with Gasteiger partial charge in [-0.25, -0.2) is 0 Å². The summed E-state index contributed by atoms with van der Waals surface area (Å²) in [5.41, 5.74) is 5.55. The van der Waals surface area contributed by atoms with Crippen LogP contribution in [0, 0.1) is 13.8 Å². The molecule has 0 aliphatic heterocycles. The first-order chi connectivity index (χ1) is 14.6. The zero-order chi connectivity index (χ0) is 20.9. The van der Waals surface area contributed by atoms with Gasteiger partial charge in [-0.15, -0.1) is 0 Å². The number of thiocarbonyl (C=S) groups is 1. The third-order valence-electron chi connectivity index (χ3n) is 5.36. The molecule has 3 aromatic carbocycles. The molecule has 0 aliphatic carbocycles. The van der Waals surface area contributed by atoms with Gasteiger partial charge in [-0.2, -0.15) is 5.10 Å². The Morgan fingerprint density at radius 2 is 1.67 bits per heavy atom. The second kappa shape index (κ2) is 9.09. The highest BCUT2D eigenvalue weighted by molar-refractivity contribution is 7.80. The van der Waals surface area contributed by atoms with E-state index in [0.29, 0.717) is 5.11 Å². The van der Waals surface area contributed by atoms with E-state index in [-0.39, 0.29) is 0 Å². The number of nitrogens with one attached hydrogen (secondary N) is 2. The summed E-state index contributed by atoms with van der Waals surface area (Å²) in [6.45, 7) is 5.61. The fourth-order valence-corrected chi connectivity index (χ4v) is 3.95. The largest absolute Gasteiger partial charge is 0.362 e. The van der Waals surface area contributed by atoms with Crippen molar-refractivity contribution in [3.63, 3.8) is 0 Å². The Balaban J connectivity index is 1.43. The lowest BCUT2D eigenvalue weighted by Gasteiger charge is -2.12. The number of nitrogens with zero attached hydrogens (tertiary/aromatic N) is 2. The minimum atomic E-state index is 0.627. The van der Waals surface area contributed by atoms with Gasteiger partial charge in [0.15, 0.2) is 5.11 Å². The average Bonchev–Trinajstić information content (AvgIpc) is 3.02. The molecule has 4 aromatic rings. The standard InChI is InChI=1S/C25H26N4S/c1-18-24(27-25(30)26-16-15-20-9-4-3-5-10-20)19(2)29(28-18)17-22-13-8-12-21-11-6-7-14-23(21)22/h3-14H,15-17H2,1-2H3,(H2,26,27,30). The molecule has 4 nitrogen and oxygen atoms in total. The number of hydrogen-bond acceptors (Lipinski definition) is 2. The summed E-state index contributed by atoms with van der Waals surface area (Å²) < 4.78 is 2.05. The third kappa shape index (κ3) is 4.52. The van der Waals surface area contributed by atoms with Crippen LogP contribution in [0.4, 0.5) is 5.69 Å². The van der Waals surface area contributed by atoms with E-state index in [1.807, 2.05) is 17.7 Å². The first kappa shape index (κ1) is 20.1. The predicted octanol–water partition coefficient (Wildman–Crippen LogP) is 5.23. The van der Waals surface area contributed by atoms with E-state index in [0.717, 1.165) is 36.6 Å². The Bertz CT molecular complexity index is 1160. The molecule has 0 fully saturated rings. The van der Waals surface area contributed by atoms with Gasteiger partial charge < -0.3 is 10.6 Å². The van der Waals surface area contributed by atoms with Gasteiger partial charge in [0.25, 0.3) is 0 Å². The maximum absolute atomic E-state index is 5.51. The molecule has 0 bridgehead atoms. The highest BCUT2D eigenvalue weighted by Gasteiger charge is 2.14. The van der Waals surface area contributed by atoms with Crippen LogP contribution in [0.15, 0.2) is 72.8 Å². The van der Waals surface area contributed by atoms with Crippen molar-refractivity contribution in [2.24, 2.45) is 0 Å². The summed E-state index contributed by atoms with van der Waals surface area (Å²) in [5, 5.41) is 14.5. The van der Waals surface area contributed by atoms with Crippen molar-refractivity contribution < 1.29 is 0 Å². The van der Waals surface area contributed by atoms with Crippen molar-refractivity contribution in [2.75, 3.05) is 11.9 Å². The fourth-order valence-electron chi connectivity index (χ4n) is 3.75. The maximum Gasteiger partial charge on any atom is 0.170 e. The SMILES string of the molecule is Cc1nn(Cc2cccc3ccccc23)c(C)c1NC(=S)NCCc1ccccc1. The van der Waals surface area contributed by atoms with Gasteiger partial charge in [0.2, 0.25) is 0 Å². The van der Waals surface area contributed by atoms with Gasteiger partial charge in [-0.3, -0.25) is 4.68 Å². The minimum Gasteiger partial charge on any atom is -0.362 e. The molecule has 0 atom stereocenters. The summed E-state index contributed by atoms with van der Waals surface area (Å²) in [6, 6.07) is 25.3. The number of aromatic nitrogens is 2. The van der Waals surface area contributed by atoms with E-state index in [2.05, 4.69) is 84.3 Å². The molecule has 1 aromatic heterocycles. The Labute approximate surface area is 182 Å². The van der Waals surface area contributed by atoms with Crippen LogP contribution in [-0.2, 0) is 13.0 Å². The zero-order valence-electron chi connectivity index (χ0n) is 17.4. The first-order valence-corrected chi connectivity index (χ1v) is 10.6. The second-order valence-electron chi connectivity index (χ2n) is 7.46. The number of hydrogen-bond donors (Lipinski definition) is 2. The van der Waals surface area contributed by atoms with E-state index in [1.54, 1.807) is 0 Å². The quantitative estimate of drug-likeness (QED) is 0.424. The number of rotatable bonds is 6. The van der Waals surface area contributed by atoms with Crippen LogP contribution in [0.3, 0.4) is 0 Å². The van der Waals surface area contributed by atoms with Gasteiger partial charge >= 0.3 is 0 Å². The van der Waals surface area contributed by atoms with E-state index in [1.165, 1.54) is 21.9 Å². The topological polar surface area (TPSA) is 41.9 Å². The van der Waals surface area contributed by atoms with E-state index >= 15 is 0 Å². The number of fused-ring (bicyclic) bond motifs is 1. The molecule has 0 spiro atoms. The zero-order valence-corrected chi connectivity index (χ0v) is 18.2. The molecule has 30 heavy (non-hydrogen) atoms. The van der Waals surface area contributed by atoms with Gasteiger partial charge in [0.1, 0.15) is 0 Å². The molecule has 0 amide bonds. The molecule has 0 unspecified atom stereocenters. The minimum absolute atomic E-state index is 0.627. The Kier molecular flexibility index (Phi) is 6.10. The van der Waals surface area contributed by atoms with Crippen molar-refractivity contribution in [3.8, 4) is 0 Å². The lowest BCUT2D eigenvalue weighted by atomic mass is 10.0. The molecule has 2 N–H and O–H groups in total. The molecular weight excluding hydrogens is 388 g/mol. The van der Waals surface area contributed by atoms with Crippen molar-refractivity contribution in [1.29, 1.82) is 0 Å². The average molecular weight is 415 g/mol. The van der Waals surface area contributed by atoms with Crippen molar-refractivity contribution >= 4 is 33.8 Å². The van der Waals surface area contributed by atoms with Crippen LogP contribution < -0.4 is 10.6 Å². The maximum atomic E-state index is 5.51. The molecular formula is C25H26N4S. The van der Waals surface area contributed by atoms with Gasteiger partial charge in [-0.05, 0) is 54.4 Å². The summed E-state index contributed by atoms with van der Waals surface area (Å²) >= 11 is 5.51. The van der Waals surface area contributed by atoms with Gasteiger partial charge in [-0.1, -0.05) is 72.8 Å². The van der Waals surface area contributed by atoms with Crippen LogP contribution in [0.1, 0.15) is 22.5 Å². The summed E-state index contributed by atoms with van der Waals surface area (Å²) in [7, 11) is 0.